The van der Waals surface area contributed by atoms with Crippen molar-refractivity contribution in [2.45, 2.75) is 45.6 Å². The number of rotatable bonds is 5. The van der Waals surface area contributed by atoms with Crippen LogP contribution in [0.15, 0.2) is 0 Å². The molecule has 3 aliphatic rings. The maximum absolute atomic E-state index is 12.2. The molecule has 18 heavy (non-hydrogen) atoms. The Hall–Kier alpha value is -0.570. The van der Waals surface area contributed by atoms with E-state index in [0.717, 1.165) is 30.1 Å². The molecule has 0 aromatic carbocycles. The zero-order chi connectivity index (χ0) is 12.9. The Bertz CT molecular complexity index is 325. The molecular formula is C15H26N2O. The third kappa shape index (κ3) is 1.97. The van der Waals surface area contributed by atoms with Crippen LogP contribution >= 0.6 is 0 Å². The monoisotopic (exact) mass is 250 g/mol. The number of hydrogen-bond acceptors (Lipinski definition) is 2. The van der Waals surface area contributed by atoms with Gasteiger partial charge in [-0.15, -0.1) is 0 Å². The fourth-order valence-corrected chi connectivity index (χ4v) is 4.68. The fourth-order valence-electron chi connectivity index (χ4n) is 4.68. The molecule has 1 amide bonds. The predicted molar refractivity (Wildman–Crippen MR) is 71.7 cm³/mol. The average molecular weight is 250 g/mol. The van der Waals surface area contributed by atoms with Crippen LogP contribution in [0, 0.1) is 35.5 Å². The summed E-state index contributed by atoms with van der Waals surface area (Å²) in [6.45, 7) is 4.79. The number of carbonyl (C=O) groups is 1. The van der Waals surface area contributed by atoms with E-state index in [1.165, 1.54) is 19.3 Å². The summed E-state index contributed by atoms with van der Waals surface area (Å²) in [7, 11) is 0. The SMILES string of the molecule is CC(C)CC(CN)C(=O)NC1C2C3CCC(C3)C12. The van der Waals surface area contributed by atoms with Gasteiger partial charge >= 0.3 is 0 Å². The first-order valence-electron chi connectivity index (χ1n) is 7.62. The minimum atomic E-state index is 0.0176. The molecule has 3 N–H and O–H groups in total. The van der Waals surface area contributed by atoms with Crippen LogP contribution in [0.1, 0.15) is 39.5 Å². The van der Waals surface area contributed by atoms with Crippen LogP contribution < -0.4 is 11.1 Å². The van der Waals surface area contributed by atoms with Gasteiger partial charge in [0.15, 0.2) is 0 Å². The molecule has 3 saturated carbocycles. The number of nitrogens with two attached hydrogens (primary N) is 1. The van der Waals surface area contributed by atoms with Crippen molar-refractivity contribution in [2.75, 3.05) is 6.54 Å². The third-order valence-corrected chi connectivity index (χ3v) is 5.46. The van der Waals surface area contributed by atoms with Crippen molar-refractivity contribution in [1.29, 1.82) is 0 Å². The molecule has 0 spiro atoms. The van der Waals surface area contributed by atoms with Crippen molar-refractivity contribution in [1.82, 2.24) is 5.32 Å². The normalized spacial score (nSPS) is 41.9. The van der Waals surface area contributed by atoms with Crippen LogP contribution in [0.4, 0.5) is 0 Å². The third-order valence-electron chi connectivity index (χ3n) is 5.46. The van der Waals surface area contributed by atoms with Crippen LogP contribution in [-0.2, 0) is 4.79 Å². The summed E-state index contributed by atoms with van der Waals surface area (Å²) in [5.41, 5.74) is 5.74. The highest BCUT2D eigenvalue weighted by molar-refractivity contribution is 5.79. The van der Waals surface area contributed by atoms with E-state index < -0.39 is 0 Å². The van der Waals surface area contributed by atoms with Gasteiger partial charge < -0.3 is 11.1 Å². The quantitative estimate of drug-likeness (QED) is 0.781. The van der Waals surface area contributed by atoms with E-state index in [-0.39, 0.29) is 11.8 Å². The van der Waals surface area contributed by atoms with Gasteiger partial charge in [0.2, 0.25) is 5.91 Å². The number of nitrogens with one attached hydrogen (secondary N) is 1. The van der Waals surface area contributed by atoms with Crippen molar-refractivity contribution in [3.8, 4) is 0 Å². The molecule has 5 unspecified atom stereocenters. The molecule has 3 heteroatoms. The lowest BCUT2D eigenvalue weighted by molar-refractivity contribution is -0.125. The van der Waals surface area contributed by atoms with Crippen LogP contribution in [0.3, 0.4) is 0 Å². The molecule has 5 atom stereocenters. The van der Waals surface area contributed by atoms with Crippen molar-refractivity contribution >= 4 is 5.91 Å². The maximum atomic E-state index is 12.2. The van der Waals surface area contributed by atoms with Gasteiger partial charge in [-0.1, -0.05) is 13.8 Å². The molecular weight excluding hydrogens is 224 g/mol. The van der Waals surface area contributed by atoms with Gasteiger partial charge in [-0.3, -0.25) is 4.79 Å². The zero-order valence-electron chi connectivity index (χ0n) is 11.6. The van der Waals surface area contributed by atoms with Crippen molar-refractivity contribution in [3.05, 3.63) is 0 Å². The van der Waals surface area contributed by atoms with E-state index >= 15 is 0 Å². The van der Waals surface area contributed by atoms with E-state index in [1.807, 2.05) is 0 Å². The molecule has 0 aromatic heterocycles. The molecule has 0 heterocycles. The summed E-state index contributed by atoms with van der Waals surface area (Å²) in [5.74, 6) is 4.27. The Morgan fingerprint density at radius 2 is 1.89 bits per heavy atom. The van der Waals surface area contributed by atoms with E-state index in [9.17, 15) is 4.79 Å². The molecule has 3 nitrogen and oxygen atoms in total. The fraction of sp³-hybridized carbons (Fsp3) is 0.933. The van der Waals surface area contributed by atoms with Crippen LogP contribution in [0.2, 0.25) is 0 Å². The number of hydrogen-bond donors (Lipinski definition) is 2. The second kappa shape index (κ2) is 4.52. The second-order valence-electron chi connectivity index (χ2n) is 7.08. The molecule has 3 rings (SSSR count). The number of fused-ring (bicyclic) bond motifs is 5. The van der Waals surface area contributed by atoms with Gasteiger partial charge in [0.25, 0.3) is 0 Å². The van der Waals surface area contributed by atoms with E-state index in [1.54, 1.807) is 0 Å². The lowest BCUT2D eigenvalue weighted by Gasteiger charge is -2.18. The van der Waals surface area contributed by atoms with Crippen molar-refractivity contribution < 1.29 is 4.79 Å². The molecule has 0 aliphatic heterocycles. The molecule has 0 radical (unpaired) electrons. The lowest BCUT2D eigenvalue weighted by Crippen LogP contribution is -2.38. The smallest absolute Gasteiger partial charge is 0.224 e. The molecule has 3 aliphatic carbocycles. The lowest BCUT2D eigenvalue weighted by atomic mass is 9.96. The van der Waals surface area contributed by atoms with Crippen molar-refractivity contribution in [3.63, 3.8) is 0 Å². The first-order chi connectivity index (χ1) is 8.61. The Labute approximate surface area is 110 Å². The topological polar surface area (TPSA) is 55.1 Å². The minimum Gasteiger partial charge on any atom is -0.352 e. The molecule has 2 bridgehead atoms. The summed E-state index contributed by atoms with van der Waals surface area (Å²) in [6, 6.07) is 0.505. The largest absolute Gasteiger partial charge is 0.352 e. The first-order valence-corrected chi connectivity index (χ1v) is 7.62. The minimum absolute atomic E-state index is 0.0176. The Morgan fingerprint density at radius 3 is 2.39 bits per heavy atom. The Morgan fingerprint density at radius 1 is 1.28 bits per heavy atom. The van der Waals surface area contributed by atoms with Gasteiger partial charge in [0.05, 0.1) is 5.92 Å². The summed E-state index contributed by atoms with van der Waals surface area (Å²) >= 11 is 0. The van der Waals surface area contributed by atoms with Crippen LogP contribution in [0.5, 0.6) is 0 Å². The molecule has 102 valence electrons. The number of carbonyl (C=O) groups excluding carboxylic acids is 1. The van der Waals surface area contributed by atoms with Gasteiger partial charge in [0, 0.05) is 12.6 Å². The molecule has 3 fully saturated rings. The molecule has 0 saturated heterocycles. The Kier molecular flexibility index (Phi) is 3.13. The van der Waals surface area contributed by atoms with Gasteiger partial charge in [-0.2, -0.15) is 0 Å². The second-order valence-corrected chi connectivity index (χ2v) is 7.08. The summed E-state index contributed by atoms with van der Waals surface area (Å²) in [6.07, 6.45) is 5.17. The number of amides is 1. The maximum Gasteiger partial charge on any atom is 0.224 e. The van der Waals surface area contributed by atoms with E-state index in [2.05, 4.69) is 19.2 Å². The first kappa shape index (κ1) is 12.5. The summed E-state index contributed by atoms with van der Waals surface area (Å²) in [5, 5.41) is 3.29. The summed E-state index contributed by atoms with van der Waals surface area (Å²) in [4.78, 5) is 12.2. The highest BCUT2D eigenvalue weighted by atomic mass is 16.2. The van der Waals surface area contributed by atoms with Gasteiger partial charge in [0.1, 0.15) is 0 Å². The van der Waals surface area contributed by atoms with Gasteiger partial charge in [-0.25, -0.2) is 0 Å². The summed E-state index contributed by atoms with van der Waals surface area (Å²) < 4.78 is 0. The molecule has 0 aromatic rings. The van der Waals surface area contributed by atoms with E-state index in [4.69, 9.17) is 5.73 Å². The van der Waals surface area contributed by atoms with Crippen molar-refractivity contribution in [2.24, 2.45) is 41.2 Å². The predicted octanol–water partition coefficient (Wildman–Crippen LogP) is 1.77. The highest BCUT2D eigenvalue weighted by Gasteiger charge is 2.65. The van der Waals surface area contributed by atoms with Crippen LogP contribution in [-0.4, -0.2) is 18.5 Å². The van der Waals surface area contributed by atoms with Crippen LogP contribution in [0.25, 0.3) is 0 Å². The van der Waals surface area contributed by atoms with Gasteiger partial charge in [-0.05, 0) is 55.3 Å². The average Bonchev–Trinajstić information content (AvgIpc) is 2.74. The standard InChI is InChI=1S/C15H26N2O/c1-8(2)5-11(7-16)15(18)17-14-12-9-3-4-10(6-9)13(12)14/h8-14H,3-7,16H2,1-2H3,(H,17,18). The highest BCUT2D eigenvalue weighted by Crippen LogP contribution is 2.65. The Balaban J connectivity index is 1.53. The zero-order valence-corrected chi connectivity index (χ0v) is 11.6. The van der Waals surface area contributed by atoms with E-state index in [0.29, 0.717) is 18.5 Å².